The molecule has 0 heterocycles. The van der Waals surface area contributed by atoms with Crippen molar-refractivity contribution < 1.29 is 39.8 Å². The van der Waals surface area contributed by atoms with Gasteiger partial charge in [0.1, 0.15) is 5.75 Å². The molecule has 0 aromatic heterocycles. The molecule has 0 fully saturated rings. The van der Waals surface area contributed by atoms with E-state index < -0.39 is 0 Å². The van der Waals surface area contributed by atoms with Crippen molar-refractivity contribution in [1.82, 2.24) is 0 Å². The molecule has 0 amide bonds. The monoisotopic (exact) mass is 182 g/mol. The van der Waals surface area contributed by atoms with Gasteiger partial charge in [0, 0.05) is 0 Å². The molecule has 3 heteroatoms. The minimum atomic E-state index is -0.0892. The van der Waals surface area contributed by atoms with Crippen LogP contribution in [-0.2, 0) is 0 Å². The molecule has 0 radical (unpaired) electrons. The molecule has 0 bridgehead atoms. The summed E-state index contributed by atoms with van der Waals surface area (Å²) in [6.07, 6.45) is 0. The van der Waals surface area contributed by atoms with E-state index in [1.165, 1.54) is 6.07 Å². The van der Waals surface area contributed by atoms with Crippen LogP contribution in [0.15, 0.2) is 30.3 Å². The Balaban J connectivity index is 0.000000845. The molecule has 13 heavy (non-hydrogen) atoms. The van der Waals surface area contributed by atoms with Crippen molar-refractivity contribution in [2.45, 2.75) is 0 Å². The number of rotatable bonds is 0. The van der Waals surface area contributed by atoms with E-state index in [2.05, 4.69) is 6.07 Å². The van der Waals surface area contributed by atoms with Crippen LogP contribution in [0, 0.1) is 6.07 Å². The number of hydrogen-bond donors (Lipinski definition) is 2. The van der Waals surface area contributed by atoms with Gasteiger partial charge < -0.3 is 10.2 Å². The van der Waals surface area contributed by atoms with Crippen LogP contribution in [0.4, 0.5) is 0 Å². The van der Waals surface area contributed by atoms with Crippen molar-refractivity contribution in [1.29, 1.82) is 0 Å². The third-order valence-electron chi connectivity index (χ3n) is 1.81. The molecular formula is C10H7NaO2. The Labute approximate surface area is 98.1 Å². The quantitative estimate of drug-likeness (QED) is 0.313. The zero-order chi connectivity index (χ0) is 8.55. The number of phenolic OH excluding ortho intramolecular Hbond substituents is 2. The van der Waals surface area contributed by atoms with Gasteiger partial charge in [-0.2, -0.15) is 24.3 Å². The van der Waals surface area contributed by atoms with Crippen molar-refractivity contribution in [3.63, 3.8) is 0 Å². The summed E-state index contributed by atoms with van der Waals surface area (Å²) in [7, 11) is 0. The molecule has 2 nitrogen and oxygen atoms in total. The molecule has 0 saturated heterocycles. The summed E-state index contributed by atoms with van der Waals surface area (Å²) in [5.74, 6) is -0.157. The zero-order valence-corrected chi connectivity index (χ0v) is 9.28. The fourth-order valence-corrected chi connectivity index (χ4v) is 1.18. The molecule has 0 saturated carbocycles. The maximum absolute atomic E-state index is 9.39. The molecule has 0 aliphatic carbocycles. The van der Waals surface area contributed by atoms with Gasteiger partial charge in [0.25, 0.3) is 0 Å². The van der Waals surface area contributed by atoms with E-state index in [-0.39, 0.29) is 41.1 Å². The first-order valence-electron chi connectivity index (χ1n) is 3.60. The number of aromatic hydroxyl groups is 2. The van der Waals surface area contributed by atoms with E-state index >= 15 is 0 Å². The van der Waals surface area contributed by atoms with Gasteiger partial charge in [0.05, 0.1) is 0 Å². The van der Waals surface area contributed by atoms with Crippen LogP contribution < -0.4 is 29.6 Å². The number of phenols is 2. The van der Waals surface area contributed by atoms with Gasteiger partial charge in [-0.3, -0.25) is 0 Å². The predicted octanol–water partition coefficient (Wildman–Crippen LogP) is -0.945. The Morgan fingerprint density at radius 1 is 1.08 bits per heavy atom. The molecule has 0 aliphatic heterocycles. The minimum absolute atomic E-state index is 0. The first-order chi connectivity index (χ1) is 5.79. The standard InChI is InChI=1S/C10H7O2.Na/c11-9-6-5-7-3-1-2-4-8(7)10(9)12;/h2-6,11-12H;/q-1;+1. The van der Waals surface area contributed by atoms with Crippen LogP contribution in [0.25, 0.3) is 10.8 Å². The topological polar surface area (TPSA) is 40.5 Å². The van der Waals surface area contributed by atoms with E-state index in [1.54, 1.807) is 24.3 Å². The fourth-order valence-electron chi connectivity index (χ4n) is 1.18. The average Bonchev–Trinajstić information content (AvgIpc) is 2.12. The van der Waals surface area contributed by atoms with E-state index in [1.807, 2.05) is 0 Å². The van der Waals surface area contributed by atoms with Crippen LogP contribution in [0.5, 0.6) is 11.5 Å². The third kappa shape index (κ3) is 1.80. The molecule has 0 spiro atoms. The molecule has 2 N–H and O–H groups in total. The first-order valence-corrected chi connectivity index (χ1v) is 3.60. The van der Waals surface area contributed by atoms with Gasteiger partial charge in [0.15, 0.2) is 5.75 Å². The third-order valence-corrected chi connectivity index (χ3v) is 1.81. The molecule has 0 atom stereocenters. The molecular weight excluding hydrogens is 175 g/mol. The van der Waals surface area contributed by atoms with Gasteiger partial charge in [-0.25, -0.2) is 0 Å². The molecule has 60 valence electrons. The zero-order valence-electron chi connectivity index (χ0n) is 7.28. The van der Waals surface area contributed by atoms with Crippen molar-refractivity contribution in [3.05, 3.63) is 36.4 Å². The Morgan fingerprint density at radius 2 is 1.85 bits per heavy atom. The Kier molecular flexibility index (Phi) is 3.20. The van der Waals surface area contributed by atoms with Gasteiger partial charge in [-0.05, 0) is 6.07 Å². The summed E-state index contributed by atoms with van der Waals surface area (Å²) in [5.41, 5.74) is 0. The second kappa shape index (κ2) is 4.01. The van der Waals surface area contributed by atoms with Crippen molar-refractivity contribution in [2.24, 2.45) is 0 Å². The van der Waals surface area contributed by atoms with Crippen molar-refractivity contribution in [2.75, 3.05) is 0 Å². The van der Waals surface area contributed by atoms with E-state index in [4.69, 9.17) is 5.11 Å². The van der Waals surface area contributed by atoms with E-state index in [0.29, 0.717) is 5.39 Å². The summed E-state index contributed by atoms with van der Waals surface area (Å²) in [6.45, 7) is 0. The summed E-state index contributed by atoms with van der Waals surface area (Å²) >= 11 is 0. The number of fused-ring (bicyclic) bond motifs is 1. The van der Waals surface area contributed by atoms with Crippen molar-refractivity contribution >= 4 is 10.8 Å². The van der Waals surface area contributed by atoms with Gasteiger partial charge in [-0.1, -0.05) is 5.39 Å². The van der Waals surface area contributed by atoms with Crippen LogP contribution in [0.3, 0.4) is 0 Å². The van der Waals surface area contributed by atoms with Gasteiger partial charge in [0.2, 0.25) is 0 Å². The van der Waals surface area contributed by atoms with Crippen LogP contribution >= 0.6 is 0 Å². The number of benzene rings is 2. The maximum atomic E-state index is 9.39. The van der Waals surface area contributed by atoms with Crippen molar-refractivity contribution in [3.8, 4) is 11.5 Å². The van der Waals surface area contributed by atoms with Crippen LogP contribution in [-0.4, -0.2) is 10.2 Å². The largest absolute Gasteiger partial charge is 1.00 e. The fraction of sp³-hybridized carbons (Fsp3) is 0. The average molecular weight is 182 g/mol. The first kappa shape index (κ1) is 10.4. The predicted molar refractivity (Wildman–Crippen MR) is 46.1 cm³/mol. The Morgan fingerprint density at radius 3 is 2.62 bits per heavy atom. The summed E-state index contributed by atoms with van der Waals surface area (Å²) < 4.78 is 0. The molecule has 0 unspecified atom stereocenters. The molecule has 0 aliphatic rings. The SMILES string of the molecule is Oc1ccc2c[c-]ccc2c1O.[Na+]. The Hall–Kier alpha value is -0.700. The normalized spacial score (nSPS) is 9.54. The van der Waals surface area contributed by atoms with Gasteiger partial charge >= 0.3 is 29.6 Å². The second-order valence-corrected chi connectivity index (χ2v) is 2.58. The maximum Gasteiger partial charge on any atom is 1.00 e. The smallest absolute Gasteiger partial charge is 0.506 e. The van der Waals surface area contributed by atoms with E-state index in [9.17, 15) is 5.11 Å². The van der Waals surface area contributed by atoms with E-state index in [0.717, 1.165) is 5.39 Å². The molecule has 2 aromatic carbocycles. The number of hydrogen-bond acceptors (Lipinski definition) is 2. The summed E-state index contributed by atoms with van der Waals surface area (Å²) in [5, 5.41) is 20.1. The van der Waals surface area contributed by atoms with Crippen LogP contribution in [0.1, 0.15) is 0 Å². The minimum Gasteiger partial charge on any atom is -0.506 e. The van der Waals surface area contributed by atoms with Gasteiger partial charge in [-0.15, -0.1) is 11.5 Å². The molecule has 2 aromatic rings. The summed E-state index contributed by atoms with van der Waals surface area (Å²) in [4.78, 5) is 0. The van der Waals surface area contributed by atoms with Crippen LogP contribution in [0.2, 0.25) is 0 Å². The summed E-state index contributed by atoms with van der Waals surface area (Å²) in [6, 6.07) is 11.3. The molecule has 2 rings (SSSR count). The second-order valence-electron chi connectivity index (χ2n) is 2.58. The Bertz CT molecular complexity index is 426.